The quantitative estimate of drug-likeness (QED) is 0.679. The molecule has 0 aliphatic heterocycles. The Bertz CT molecular complexity index is 641. The minimum Gasteiger partial charge on any atom is -0.478 e. The molecule has 0 aliphatic rings. The van der Waals surface area contributed by atoms with E-state index in [0.717, 1.165) is 6.07 Å². The van der Waals surface area contributed by atoms with Gasteiger partial charge in [0.15, 0.2) is 0 Å². The van der Waals surface area contributed by atoms with Crippen LogP contribution < -0.4 is 0 Å². The maximum atomic E-state index is 11.0. The summed E-state index contributed by atoms with van der Waals surface area (Å²) in [6, 6.07) is 3.88. The van der Waals surface area contributed by atoms with E-state index in [4.69, 9.17) is 5.11 Å². The smallest absolute Gasteiger partial charge is 0.338 e. The topological polar surface area (TPSA) is 93.3 Å². The number of carboxylic acid groups (broad SMARTS) is 1. The summed E-state index contributed by atoms with van der Waals surface area (Å²) in [6.07, 6.45) is 1.45. The van der Waals surface area contributed by atoms with Gasteiger partial charge in [0.05, 0.1) is 16.0 Å². The summed E-state index contributed by atoms with van der Waals surface area (Å²) in [5.41, 5.74) is -0.220. The molecule has 0 radical (unpaired) electrons. The average Bonchev–Trinajstić information content (AvgIpc) is 2.26. The number of halogens is 1. The predicted molar refractivity (Wildman–Crippen MR) is 63.1 cm³/mol. The van der Waals surface area contributed by atoms with Crippen molar-refractivity contribution in [2.24, 2.45) is 0 Å². The minimum atomic E-state index is -1.24. The number of carbonyl (C=O) groups is 1. The Morgan fingerprint density at radius 1 is 1.41 bits per heavy atom. The zero-order chi connectivity index (χ0) is 12.6. The zero-order valence-corrected chi connectivity index (χ0v) is 9.84. The van der Waals surface area contributed by atoms with Gasteiger partial charge in [0.2, 0.25) is 0 Å². The lowest BCUT2D eigenvalue weighted by Gasteiger charge is -2.02. The number of rotatable bonds is 2. The van der Waals surface area contributed by atoms with E-state index >= 15 is 0 Å². The Balaban J connectivity index is 2.85. The standard InChI is InChI=1S/C10H5BrN2O4/c11-6-1-5-2-7(13(16)17)3-8(10(14)15)9(5)12-4-6/h1-4H,(H,14,15). The second kappa shape index (κ2) is 4.10. The molecule has 0 aliphatic carbocycles. The number of carboxylic acids is 1. The van der Waals surface area contributed by atoms with Crippen LogP contribution in [0.4, 0.5) is 5.69 Å². The molecule has 0 unspecified atom stereocenters. The molecule has 0 atom stereocenters. The SMILES string of the molecule is O=C(O)c1cc([N+](=O)[O-])cc2cc(Br)cnc12. The van der Waals surface area contributed by atoms with Crippen LogP contribution in [-0.2, 0) is 0 Å². The van der Waals surface area contributed by atoms with Crippen LogP contribution >= 0.6 is 15.9 Å². The molecule has 0 fully saturated rings. The molecule has 2 aromatic rings. The Hall–Kier alpha value is -2.02. The van der Waals surface area contributed by atoms with Crippen LogP contribution in [0, 0.1) is 10.1 Å². The average molecular weight is 297 g/mol. The molecule has 17 heavy (non-hydrogen) atoms. The van der Waals surface area contributed by atoms with E-state index in [1.165, 1.54) is 12.3 Å². The van der Waals surface area contributed by atoms with Crippen molar-refractivity contribution in [3.8, 4) is 0 Å². The first-order chi connectivity index (χ1) is 7.99. The number of nitro groups is 1. The molecule has 0 bridgehead atoms. The first-order valence-corrected chi connectivity index (χ1v) is 5.25. The van der Waals surface area contributed by atoms with Gasteiger partial charge in [-0.2, -0.15) is 0 Å². The molecule has 0 amide bonds. The van der Waals surface area contributed by atoms with E-state index < -0.39 is 10.9 Å². The molecule has 86 valence electrons. The van der Waals surface area contributed by atoms with E-state index in [9.17, 15) is 14.9 Å². The third-order valence-corrected chi connectivity index (χ3v) is 2.61. The first-order valence-electron chi connectivity index (χ1n) is 4.46. The molecule has 1 aromatic heterocycles. The summed E-state index contributed by atoms with van der Waals surface area (Å²) in [5, 5.41) is 20.1. The lowest BCUT2D eigenvalue weighted by molar-refractivity contribution is -0.384. The summed E-state index contributed by atoms with van der Waals surface area (Å²) in [7, 11) is 0. The number of nitro benzene ring substituents is 1. The number of non-ortho nitro benzene ring substituents is 1. The molecule has 1 heterocycles. The Kier molecular flexibility index (Phi) is 2.76. The fraction of sp³-hybridized carbons (Fsp3) is 0. The van der Waals surface area contributed by atoms with Gasteiger partial charge in [-0.25, -0.2) is 4.79 Å². The van der Waals surface area contributed by atoms with Crippen molar-refractivity contribution in [2.75, 3.05) is 0 Å². The van der Waals surface area contributed by atoms with Gasteiger partial charge in [-0.1, -0.05) is 0 Å². The van der Waals surface area contributed by atoms with Gasteiger partial charge in [0, 0.05) is 28.2 Å². The number of hydrogen-bond acceptors (Lipinski definition) is 4. The van der Waals surface area contributed by atoms with Gasteiger partial charge in [0.25, 0.3) is 5.69 Å². The Morgan fingerprint density at radius 3 is 2.71 bits per heavy atom. The van der Waals surface area contributed by atoms with Gasteiger partial charge >= 0.3 is 5.97 Å². The van der Waals surface area contributed by atoms with Crippen LogP contribution in [0.5, 0.6) is 0 Å². The van der Waals surface area contributed by atoms with E-state index in [1.54, 1.807) is 6.07 Å². The molecular weight excluding hydrogens is 292 g/mol. The van der Waals surface area contributed by atoms with Crippen molar-refractivity contribution >= 4 is 38.5 Å². The van der Waals surface area contributed by atoms with E-state index in [0.29, 0.717) is 9.86 Å². The monoisotopic (exact) mass is 296 g/mol. The molecule has 7 heteroatoms. The fourth-order valence-corrected chi connectivity index (χ4v) is 1.82. The van der Waals surface area contributed by atoms with Crippen LogP contribution in [-0.4, -0.2) is 21.0 Å². The highest BCUT2D eigenvalue weighted by Crippen LogP contribution is 2.26. The molecule has 6 nitrogen and oxygen atoms in total. The number of benzene rings is 1. The maximum Gasteiger partial charge on any atom is 0.338 e. The van der Waals surface area contributed by atoms with Crippen molar-refractivity contribution < 1.29 is 14.8 Å². The van der Waals surface area contributed by atoms with Crippen molar-refractivity contribution in [3.05, 3.63) is 44.5 Å². The molecule has 0 spiro atoms. The normalized spacial score (nSPS) is 10.4. The van der Waals surface area contributed by atoms with Crippen molar-refractivity contribution in [3.63, 3.8) is 0 Å². The summed E-state index contributed by atoms with van der Waals surface area (Å²) < 4.78 is 0.627. The molecule has 0 saturated carbocycles. The van der Waals surface area contributed by atoms with Gasteiger partial charge < -0.3 is 5.11 Å². The van der Waals surface area contributed by atoms with Crippen molar-refractivity contribution in [1.82, 2.24) is 4.98 Å². The summed E-state index contributed by atoms with van der Waals surface area (Å²) in [5.74, 6) is -1.24. The second-order valence-electron chi connectivity index (χ2n) is 3.28. The maximum absolute atomic E-state index is 11.0. The molecule has 1 aromatic carbocycles. The highest BCUT2D eigenvalue weighted by Gasteiger charge is 2.17. The van der Waals surface area contributed by atoms with E-state index in [-0.39, 0.29) is 16.8 Å². The summed E-state index contributed by atoms with van der Waals surface area (Å²) >= 11 is 3.18. The van der Waals surface area contributed by atoms with Gasteiger partial charge in [0.1, 0.15) is 0 Å². The largest absolute Gasteiger partial charge is 0.478 e. The highest BCUT2D eigenvalue weighted by molar-refractivity contribution is 9.10. The van der Waals surface area contributed by atoms with Crippen LogP contribution in [0.3, 0.4) is 0 Å². The summed E-state index contributed by atoms with van der Waals surface area (Å²) in [4.78, 5) is 25.0. The first kappa shape index (κ1) is 11.5. The number of aromatic nitrogens is 1. The Labute approximate surface area is 103 Å². The number of pyridine rings is 1. The van der Waals surface area contributed by atoms with Gasteiger partial charge in [-0.15, -0.1) is 0 Å². The number of aromatic carboxylic acids is 1. The van der Waals surface area contributed by atoms with Crippen LogP contribution in [0.1, 0.15) is 10.4 Å². The molecule has 1 N–H and O–H groups in total. The van der Waals surface area contributed by atoms with Crippen molar-refractivity contribution in [2.45, 2.75) is 0 Å². The molecular formula is C10H5BrN2O4. The fourth-order valence-electron chi connectivity index (χ4n) is 1.48. The minimum absolute atomic E-state index is 0.179. The van der Waals surface area contributed by atoms with Crippen LogP contribution in [0.2, 0.25) is 0 Å². The van der Waals surface area contributed by atoms with Crippen LogP contribution in [0.15, 0.2) is 28.9 Å². The highest BCUT2D eigenvalue weighted by atomic mass is 79.9. The number of nitrogens with zero attached hydrogens (tertiary/aromatic N) is 2. The molecule has 0 saturated heterocycles. The zero-order valence-electron chi connectivity index (χ0n) is 8.25. The summed E-state index contributed by atoms with van der Waals surface area (Å²) in [6.45, 7) is 0. The van der Waals surface area contributed by atoms with Gasteiger partial charge in [-0.05, 0) is 22.0 Å². The molecule has 2 rings (SSSR count). The van der Waals surface area contributed by atoms with E-state index in [2.05, 4.69) is 20.9 Å². The Morgan fingerprint density at radius 2 is 2.12 bits per heavy atom. The predicted octanol–water partition coefficient (Wildman–Crippen LogP) is 2.60. The lowest BCUT2D eigenvalue weighted by Crippen LogP contribution is -2.01. The van der Waals surface area contributed by atoms with Crippen LogP contribution in [0.25, 0.3) is 10.9 Å². The van der Waals surface area contributed by atoms with Gasteiger partial charge in [-0.3, -0.25) is 15.1 Å². The lowest BCUT2D eigenvalue weighted by atomic mass is 10.1. The third kappa shape index (κ3) is 2.09. The van der Waals surface area contributed by atoms with E-state index in [1.807, 2.05) is 0 Å². The number of hydrogen-bond donors (Lipinski definition) is 1. The van der Waals surface area contributed by atoms with Crippen molar-refractivity contribution in [1.29, 1.82) is 0 Å². The number of fused-ring (bicyclic) bond motifs is 1. The second-order valence-corrected chi connectivity index (χ2v) is 4.20. The third-order valence-electron chi connectivity index (χ3n) is 2.18.